The summed E-state index contributed by atoms with van der Waals surface area (Å²) in [7, 11) is 0. The molecule has 2 heterocycles. The zero-order valence-electron chi connectivity index (χ0n) is 13.4. The number of ether oxygens (including phenoxy) is 2. The summed E-state index contributed by atoms with van der Waals surface area (Å²) in [6.07, 6.45) is 1.63. The second kappa shape index (κ2) is 8.68. The van der Waals surface area contributed by atoms with Crippen LogP contribution in [0.5, 0.6) is 5.75 Å². The number of halogens is 1. The van der Waals surface area contributed by atoms with Gasteiger partial charge >= 0.3 is 0 Å². The van der Waals surface area contributed by atoms with Gasteiger partial charge in [0.2, 0.25) is 5.95 Å². The van der Waals surface area contributed by atoms with E-state index in [1.54, 1.807) is 6.20 Å². The fourth-order valence-electron chi connectivity index (χ4n) is 2.50. The van der Waals surface area contributed by atoms with Crippen molar-refractivity contribution in [3.8, 4) is 16.9 Å². The maximum Gasteiger partial charge on any atom is 0.221 e. The number of anilines is 2. The molecule has 1 aromatic carbocycles. The van der Waals surface area contributed by atoms with Crippen LogP contribution in [-0.2, 0) is 4.74 Å². The quantitative estimate of drug-likeness (QED) is 0.840. The van der Waals surface area contributed by atoms with E-state index in [2.05, 4.69) is 14.9 Å². The third-order valence-corrected chi connectivity index (χ3v) is 3.76. The predicted molar refractivity (Wildman–Crippen MR) is 96.3 cm³/mol. The Morgan fingerprint density at radius 2 is 2.00 bits per heavy atom. The lowest BCUT2D eigenvalue weighted by molar-refractivity contribution is 0.0322. The van der Waals surface area contributed by atoms with E-state index in [0.29, 0.717) is 12.4 Å². The fourth-order valence-corrected chi connectivity index (χ4v) is 2.50. The number of aromatic nitrogens is 2. The molecule has 0 bridgehead atoms. The molecule has 130 valence electrons. The first-order chi connectivity index (χ1) is 11.2. The van der Waals surface area contributed by atoms with Crippen LogP contribution in [0.2, 0.25) is 0 Å². The number of benzene rings is 1. The molecule has 0 radical (unpaired) electrons. The van der Waals surface area contributed by atoms with Crippen LogP contribution in [0.3, 0.4) is 0 Å². The van der Waals surface area contributed by atoms with Crippen molar-refractivity contribution in [2.24, 2.45) is 0 Å². The van der Waals surface area contributed by atoms with Crippen LogP contribution in [0.4, 0.5) is 11.8 Å². The Hall–Kier alpha value is -2.09. The van der Waals surface area contributed by atoms with Gasteiger partial charge < -0.3 is 20.9 Å². The summed E-state index contributed by atoms with van der Waals surface area (Å²) in [6.45, 7) is 5.04. The van der Waals surface area contributed by atoms with E-state index in [9.17, 15) is 0 Å². The van der Waals surface area contributed by atoms with E-state index in [1.807, 2.05) is 24.3 Å². The fraction of sp³-hybridized carbons (Fsp3) is 0.375. The molecule has 0 amide bonds. The largest absolute Gasteiger partial charge is 0.492 e. The van der Waals surface area contributed by atoms with E-state index in [0.717, 1.165) is 49.7 Å². The molecule has 0 spiro atoms. The number of hydrogen-bond donors (Lipinski definition) is 2. The van der Waals surface area contributed by atoms with E-state index in [-0.39, 0.29) is 18.4 Å². The van der Waals surface area contributed by atoms with Crippen molar-refractivity contribution >= 4 is 24.2 Å². The summed E-state index contributed by atoms with van der Waals surface area (Å²) in [5, 5.41) is 0. The van der Waals surface area contributed by atoms with Crippen LogP contribution in [0.1, 0.15) is 0 Å². The smallest absolute Gasteiger partial charge is 0.221 e. The van der Waals surface area contributed by atoms with Crippen LogP contribution in [0.25, 0.3) is 11.1 Å². The lowest BCUT2D eigenvalue weighted by Crippen LogP contribution is -2.38. The Morgan fingerprint density at radius 1 is 1.21 bits per heavy atom. The normalized spacial score (nSPS) is 14.8. The predicted octanol–water partition coefficient (Wildman–Crippen LogP) is 1.44. The van der Waals surface area contributed by atoms with Gasteiger partial charge in [-0.05, 0) is 17.7 Å². The first-order valence-corrected chi connectivity index (χ1v) is 7.64. The molecule has 0 unspecified atom stereocenters. The van der Waals surface area contributed by atoms with Crippen molar-refractivity contribution in [3.63, 3.8) is 0 Å². The third-order valence-electron chi connectivity index (χ3n) is 3.76. The minimum Gasteiger partial charge on any atom is -0.492 e. The molecule has 7 nitrogen and oxygen atoms in total. The van der Waals surface area contributed by atoms with E-state index in [4.69, 9.17) is 20.9 Å². The van der Waals surface area contributed by atoms with Gasteiger partial charge in [0, 0.05) is 31.4 Å². The SMILES string of the molecule is Cl.Nc1ncc(-c2cccc(OCCN3CCOCC3)c2)c(N)n1. The van der Waals surface area contributed by atoms with E-state index in [1.165, 1.54) is 0 Å². The van der Waals surface area contributed by atoms with Gasteiger partial charge in [-0.2, -0.15) is 4.98 Å². The molecule has 0 aliphatic carbocycles. The van der Waals surface area contributed by atoms with Crippen molar-refractivity contribution in [2.45, 2.75) is 0 Å². The monoisotopic (exact) mass is 351 g/mol. The molecule has 2 aromatic rings. The molecule has 1 aliphatic heterocycles. The number of rotatable bonds is 5. The van der Waals surface area contributed by atoms with Gasteiger partial charge in [0.25, 0.3) is 0 Å². The average molecular weight is 352 g/mol. The van der Waals surface area contributed by atoms with Crippen LogP contribution in [0.15, 0.2) is 30.5 Å². The molecule has 1 aromatic heterocycles. The van der Waals surface area contributed by atoms with Crippen molar-refractivity contribution in [1.29, 1.82) is 0 Å². The molecular weight excluding hydrogens is 330 g/mol. The molecule has 3 rings (SSSR count). The zero-order valence-corrected chi connectivity index (χ0v) is 14.2. The molecule has 8 heteroatoms. The maximum absolute atomic E-state index is 5.91. The van der Waals surface area contributed by atoms with Gasteiger partial charge in [-0.25, -0.2) is 4.98 Å². The summed E-state index contributed by atoms with van der Waals surface area (Å²) in [5.74, 6) is 1.33. The Bertz CT molecular complexity index is 665. The molecule has 0 saturated carbocycles. The standard InChI is InChI=1S/C16H21N5O2.ClH/c17-15-14(11-19-16(18)20-15)12-2-1-3-13(10-12)23-9-6-21-4-7-22-8-5-21;/h1-3,10-11H,4-9H2,(H4,17,18,19,20);1H. The van der Waals surface area contributed by atoms with Crippen molar-refractivity contribution in [1.82, 2.24) is 14.9 Å². The topological polar surface area (TPSA) is 99.5 Å². The summed E-state index contributed by atoms with van der Waals surface area (Å²) in [6, 6.07) is 7.73. The van der Waals surface area contributed by atoms with Gasteiger partial charge in [-0.1, -0.05) is 12.1 Å². The molecule has 4 N–H and O–H groups in total. The molecule has 0 atom stereocenters. The van der Waals surface area contributed by atoms with Gasteiger partial charge in [-0.3, -0.25) is 4.90 Å². The molecule has 1 fully saturated rings. The maximum atomic E-state index is 5.91. The van der Waals surface area contributed by atoms with Crippen molar-refractivity contribution in [3.05, 3.63) is 30.5 Å². The summed E-state index contributed by atoms with van der Waals surface area (Å²) in [5.41, 5.74) is 13.1. The highest BCUT2D eigenvalue weighted by Gasteiger charge is 2.10. The Labute approximate surface area is 147 Å². The van der Waals surface area contributed by atoms with Gasteiger partial charge in [0.1, 0.15) is 18.2 Å². The van der Waals surface area contributed by atoms with E-state index >= 15 is 0 Å². The number of nitrogens with zero attached hydrogens (tertiary/aromatic N) is 3. The first-order valence-electron chi connectivity index (χ1n) is 7.64. The second-order valence-corrected chi connectivity index (χ2v) is 5.36. The van der Waals surface area contributed by atoms with E-state index < -0.39 is 0 Å². The minimum atomic E-state index is 0. The lowest BCUT2D eigenvalue weighted by Gasteiger charge is -2.26. The van der Waals surface area contributed by atoms with Crippen LogP contribution >= 0.6 is 12.4 Å². The highest BCUT2D eigenvalue weighted by Crippen LogP contribution is 2.27. The van der Waals surface area contributed by atoms with Crippen LogP contribution < -0.4 is 16.2 Å². The zero-order chi connectivity index (χ0) is 16.1. The number of nitrogens with two attached hydrogens (primary N) is 2. The molecular formula is C16H22ClN5O2. The Balaban J connectivity index is 0.00000208. The van der Waals surface area contributed by atoms with Crippen LogP contribution in [0, 0.1) is 0 Å². The van der Waals surface area contributed by atoms with Crippen molar-refractivity contribution < 1.29 is 9.47 Å². The average Bonchev–Trinajstić information content (AvgIpc) is 2.56. The van der Waals surface area contributed by atoms with Gasteiger partial charge in [0.05, 0.1) is 13.2 Å². The summed E-state index contributed by atoms with van der Waals surface area (Å²) in [4.78, 5) is 10.3. The minimum absolute atomic E-state index is 0. The second-order valence-electron chi connectivity index (χ2n) is 5.36. The Kier molecular flexibility index (Phi) is 6.60. The molecule has 24 heavy (non-hydrogen) atoms. The summed E-state index contributed by atoms with van der Waals surface area (Å²) < 4.78 is 11.2. The van der Waals surface area contributed by atoms with Crippen molar-refractivity contribution in [2.75, 3.05) is 50.9 Å². The number of hydrogen-bond acceptors (Lipinski definition) is 7. The molecule has 1 aliphatic rings. The highest BCUT2D eigenvalue weighted by molar-refractivity contribution is 5.85. The molecule has 1 saturated heterocycles. The number of nitrogen functional groups attached to an aromatic ring is 2. The number of morpholine rings is 1. The lowest BCUT2D eigenvalue weighted by atomic mass is 10.1. The first kappa shape index (κ1) is 18.3. The van der Waals surface area contributed by atoms with Gasteiger partial charge in [0.15, 0.2) is 0 Å². The van der Waals surface area contributed by atoms with Gasteiger partial charge in [-0.15, -0.1) is 12.4 Å². The summed E-state index contributed by atoms with van der Waals surface area (Å²) >= 11 is 0. The third kappa shape index (κ3) is 4.70. The van der Waals surface area contributed by atoms with Crippen LogP contribution in [-0.4, -0.2) is 54.3 Å². The highest BCUT2D eigenvalue weighted by atomic mass is 35.5. The Morgan fingerprint density at radius 3 is 2.75 bits per heavy atom.